The van der Waals surface area contributed by atoms with Crippen LogP contribution in [-0.2, 0) is 24.8 Å². The lowest BCUT2D eigenvalue weighted by Gasteiger charge is -2.19. The molecule has 0 bridgehead atoms. The van der Waals surface area contributed by atoms with Gasteiger partial charge >= 0.3 is 0 Å². The number of carbonyl (C=O) groups is 2. The number of phenols is 1. The van der Waals surface area contributed by atoms with Crippen LogP contribution in [-0.4, -0.2) is 64.6 Å². The number of nitrogens with zero attached hydrogens (tertiary/aromatic N) is 1. The number of rotatable bonds is 20. The summed E-state index contributed by atoms with van der Waals surface area (Å²) >= 11 is 9.52. The lowest BCUT2D eigenvalue weighted by molar-refractivity contribution is 0.0921. The molecule has 2 amide bonds. The first-order valence-corrected chi connectivity index (χ1v) is 24.1. The van der Waals surface area contributed by atoms with Crippen LogP contribution in [0.4, 0.5) is 8.78 Å². The van der Waals surface area contributed by atoms with E-state index in [1.165, 1.54) is 30.3 Å². The Morgan fingerprint density at radius 1 is 0.639 bits per heavy atom. The highest BCUT2D eigenvalue weighted by molar-refractivity contribution is 9.08. The van der Waals surface area contributed by atoms with Crippen molar-refractivity contribution in [1.29, 1.82) is 5.26 Å². The summed E-state index contributed by atoms with van der Waals surface area (Å²) in [5, 5.41) is 44.5. The third kappa shape index (κ3) is 21.9. The fraction of sp³-hybridized carbons (Fsp3) is 0.316. The Kier molecular flexibility index (Phi) is 27.8. The van der Waals surface area contributed by atoms with E-state index in [-0.39, 0.29) is 81.6 Å². The average Bonchev–Trinajstić information content (AvgIpc) is 3.33. The number of ether oxygens (including phenoxy) is 3. The second-order valence-corrected chi connectivity index (χ2v) is 17.5. The van der Waals surface area contributed by atoms with Gasteiger partial charge in [0.2, 0.25) is 0 Å². The Hall–Kier alpha value is -6.50. The van der Waals surface area contributed by atoms with Gasteiger partial charge in [0.25, 0.3) is 11.8 Å². The number of hydrogen-bond donors (Lipinski definition) is 5. The summed E-state index contributed by atoms with van der Waals surface area (Å²) in [5.41, 5.74) is 4.98. The zero-order valence-corrected chi connectivity index (χ0v) is 41.9. The second-order valence-electron chi connectivity index (χ2n) is 16.6. The summed E-state index contributed by atoms with van der Waals surface area (Å²) in [6.45, 7) is 7.77. The zero-order valence-electron chi connectivity index (χ0n) is 39.5. The predicted octanol–water partition coefficient (Wildman–Crippen LogP) is 12.3. The van der Waals surface area contributed by atoms with Crippen molar-refractivity contribution in [2.45, 2.75) is 104 Å². The Balaban J connectivity index is 0.000000417. The van der Waals surface area contributed by atoms with E-state index in [0.717, 1.165) is 27.6 Å². The van der Waals surface area contributed by atoms with E-state index in [4.69, 9.17) is 25.8 Å². The molecule has 0 spiro atoms. The number of aromatic hydroxyl groups is 1. The number of carbonyl (C=O) groups excluding carboxylic acids is 2. The summed E-state index contributed by atoms with van der Waals surface area (Å²) in [6, 6.07) is 38.0. The number of benzene rings is 6. The lowest BCUT2D eigenvalue weighted by atomic mass is 10.0. The first-order valence-electron chi connectivity index (χ1n) is 22.6. The van der Waals surface area contributed by atoms with Crippen LogP contribution in [0.15, 0.2) is 133 Å². The largest absolute Gasteiger partial charge is 0.508 e. The topological polar surface area (TPSA) is 170 Å². The molecule has 0 radical (unpaired) electrons. The first-order chi connectivity index (χ1) is 33.6. The monoisotopic (exact) mass is 1070 g/mol. The number of alkyl halides is 1. The third-order valence-electron chi connectivity index (χ3n) is 10.1. The van der Waals surface area contributed by atoms with E-state index in [9.17, 15) is 39.0 Å². The number of aliphatic hydroxyl groups excluding tert-OH is 2. The summed E-state index contributed by atoms with van der Waals surface area (Å²) in [7, 11) is 0. The van der Waals surface area contributed by atoms with Crippen molar-refractivity contribution in [2.24, 2.45) is 0 Å². The molecule has 0 heterocycles. The predicted molar refractivity (Wildman–Crippen MR) is 285 cm³/mol. The molecule has 0 unspecified atom stereocenters. The number of amides is 2. The molecule has 0 aliphatic rings. The fourth-order valence-corrected chi connectivity index (χ4v) is 7.25. The van der Waals surface area contributed by atoms with Gasteiger partial charge in [-0.3, -0.25) is 9.59 Å². The molecule has 0 aliphatic heterocycles. The summed E-state index contributed by atoms with van der Waals surface area (Å²) in [6.07, 6.45) is 1.78. The van der Waals surface area contributed by atoms with Crippen molar-refractivity contribution in [2.75, 3.05) is 13.2 Å². The molecule has 6 rings (SSSR count). The minimum absolute atomic E-state index is 0. The van der Waals surface area contributed by atoms with E-state index in [1.54, 1.807) is 78.9 Å². The van der Waals surface area contributed by atoms with Gasteiger partial charge in [-0.05, 0) is 161 Å². The van der Waals surface area contributed by atoms with Crippen molar-refractivity contribution < 1.29 is 47.9 Å². The van der Waals surface area contributed by atoms with Crippen LogP contribution in [0.3, 0.4) is 0 Å². The molecule has 0 fully saturated rings. The maximum absolute atomic E-state index is 13.0. The molecule has 2 atom stereocenters. The number of hydrogen-bond acceptors (Lipinski definition) is 9. The second kappa shape index (κ2) is 32.5. The molecular formula is C57H67BrClF2N3O8. The molecule has 386 valence electrons. The first kappa shape index (κ1) is 61.6. The summed E-state index contributed by atoms with van der Waals surface area (Å²) in [4.78, 5) is 25.4. The maximum atomic E-state index is 13.0. The van der Waals surface area contributed by atoms with Gasteiger partial charge in [0.05, 0.1) is 22.8 Å². The van der Waals surface area contributed by atoms with Crippen molar-refractivity contribution in [3.8, 4) is 29.1 Å². The Morgan fingerprint density at radius 2 is 1.07 bits per heavy atom. The molecule has 6 aromatic rings. The standard InChI is InChI=1S/C27H29ClFNO4.C21H24N2O4.C7H6BrF.2CH4/c1-18(2)34-26-12-7-21(16-25(26)28)27(32)30-23(13-14-31)15-19-5-10-24(11-6-19)33-17-20-3-8-22(29)9-4-20;1-14(2)27-20-8-5-16(12-17(20)13-22)21(26)23-18(9-10-24)11-15-3-6-19(25)7-4-15;8-5-6-1-3-7(9)4-2-6;;/h3-12,16,18,23,31H,13-15,17H2,1-2H3,(H,30,32);3-8,12,14,18,24-25H,9-11H2,1-2H3,(H,23,26);1-4H,5H2;2*1H4/t23-;18-;;;/m11.../s1. The van der Waals surface area contributed by atoms with Gasteiger partial charge in [0.1, 0.15) is 47.3 Å². The van der Waals surface area contributed by atoms with Crippen LogP contribution in [0, 0.1) is 23.0 Å². The molecule has 0 aliphatic carbocycles. The van der Waals surface area contributed by atoms with Crippen LogP contribution < -0.4 is 24.8 Å². The molecule has 11 nitrogen and oxygen atoms in total. The number of nitriles is 1. The molecule has 72 heavy (non-hydrogen) atoms. The highest BCUT2D eigenvalue weighted by atomic mass is 79.9. The summed E-state index contributed by atoms with van der Waals surface area (Å²) in [5.74, 6) is 0.790. The minimum Gasteiger partial charge on any atom is -0.508 e. The smallest absolute Gasteiger partial charge is 0.251 e. The van der Waals surface area contributed by atoms with Crippen LogP contribution in [0.25, 0.3) is 0 Å². The lowest BCUT2D eigenvalue weighted by Crippen LogP contribution is -2.37. The quantitative estimate of drug-likeness (QED) is 0.0467. The zero-order chi connectivity index (χ0) is 51.0. The normalized spacial score (nSPS) is 11.2. The van der Waals surface area contributed by atoms with Gasteiger partial charge in [-0.2, -0.15) is 5.26 Å². The van der Waals surface area contributed by atoms with E-state index in [2.05, 4.69) is 32.6 Å². The molecule has 0 aromatic heterocycles. The van der Waals surface area contributed by atoms with Crippen molar-refractivity contribution in [3.05, 3.63) is 189 Å². The van der Waals surface area contributed by atoms with Gasteiger partial charge in [0, 0.05) is 41.8 Å². The SMILES string of the molecule is C.C.CC(C)Oc1ccc(C(=O)N[C@H](CCO)Cc2ccc(O)cc2)cc1C#N.CC(C)Oc1ccc(C(=O)N[C@H](CCO)Cc2ccc(OCc3ccc(F)cc3)cc2)cc1Cl.Fc1ccc(CBr)cc1. The molecule has 0 saturated heterocycles. The van der Waals surface area contributed by atoms with Gasteiger partial charge in [0.15, 0.2) is 0 Å². The Labute approximate surface area is 436 Å². The van der Waals surface area contributed by atoms with Gasteiger partial charge < -0.3 is 40.2 Å². The van der Waals surface area contributed by atoms with E-state index in [1.807, 2.05) is 52.0 Å². The number of phenolic OH excluding ortho intramolecular Hbond substituents is 1. The molecule has 15 heteroatoms. The highest BCUT2D eigenvalue weighted by Crippen LogP contribution is 2.27. The molecular weight excluding hydrogens is 1010 g/mol. The van der Waals surface area contributed by atoms with Crippen molar-refractivity contribution in [1.82, 2.24) is 10.6 Å². The third-order valence-corrected chi connectivity index (χ3v) is 11.1. The van der Waals surface area contributed by atoms with Crippen molar-refractivity contribution in [3.63, 3.8) is 0 Å². The number of halogens is 4. The average molecular weight is 1080 g/mol. The van der Waals surface area contributed by atoms with Crippen LogP contribution >= 0.6 is 27.5 Å². The maximum Gasteiger partial charge on any atom is 0.251 e. The number of nitrogens with one attached hydrogen (secondary N) is 2. The van der Waals surface area contributed by atoms with Crippen LogP contribution in [0.5, 0.6) is 23.0 Å². The molecule has 5 N–H and O–H groups in total. The highest BCUT2D eigenvalue weighted by Gasteiger charge is 2.18. The summed E-state index contributed by atoms with van der Waals surface area (Å²) < 4.78 is 42.2. The fourth-order valence-electron chi connectivity index (χ4n) is 6.65. The Bertz CT molecular complexity index is 2580. The molecule has 6 aromatic carbocycles. The van der Waals surface area contributed by atoms with Gasteiger partial charge in [-0.25, -0.2) is 8.78 Å². The Morgan fingerprint density at radius 3 is 1.51 bits per heavy atom. The molecule has 0 saturated carbocycles. The van der Waals surface area contributed by atoms with Crippen LogP contribution in [0.1, 0.15) is 104 Å². The van der Waals surface area contributed by atoms with Crippen LogP contribution in [0.2, 0.25) is 5.02 Å². The van der Waals surface area contributed by atoms with E-state index in [0.29, 0.717) is 71.3 Å². The van der Waals surface area contributed by atoms with Crippen molar-refractivity contribution >= 4 is 39.3 Å². The van der Waals surface area contributed by atoms with Gasteiger partial charge in [-0.1, -0.05) is 90.9 Å². The number of aliphatic hydroxyl groups is 2. The minimum atomic E-state index is -0.320. The van der Waals surface area contributed by atoms with E-state index >= 15 is 0 Å². The van der Waals surface area contributed by atoms with Gasteiger partial charge in [-0.15, -0.1) is 0 Å². The van der Waals surface area contributed by atoms with E-state index < -0.39 is 0 Å².